The summed E-state index contributed by atoms with van der Waals surface area (Å²) in [5.74, 6) is 0.434. The van der Waals surface area contributed by atoms with E-state index in [9.17, 15) is 4.79 Å². The Balaban J connectivity index is 2.80. The van der Waals surface area contributed by atoms with Crippen LogP contribution in [0.1, 0.15) is 30.6 Å². The molecule has 104 valence electrons. The fourth-order valence-corrected chi connectivity index (χ4v) is 2.09. The Morgan fingerprint density at radius 3 is 2.42 bits per heavy atom. The minimum Gasteiger partial charge on any atom is -0.393 e. The molecule has 0 aromatic heterocycles. The summed E-state index contributed by atoms with van der Waals surface area (Å²) in [7, 11) is 0. The number of thiocarbonyl (C=S) groups is 1. The highest BCUT2D eigenvalue weighted by Crippen LogP contribution is 2.13. The number of benzene rings is 1. The second-order valence-electron chi connectivity index (χ2n) is 4.87. The lowest BCUT2D eigenvalue weighted by molar-refractivity contribution is 0.0741. The van der Waals surface area contributed by atoms with Crippen molar-refractivity contribution in [3.8, 4) is 0 Å². The number of rotatable bonds is 6. The molecular formula is C14H19BrN2OS. The van der Waals surface area contributed by atoms with E-state index in [4.69, 9.17) is 18.0 Å². The van der Waals surface area contributed by atoms with E-state index in [1.807, 2.05) is 29.2 Å². The molecule has 1 aromatic rings. The minimum atomic E-state index is 0.0254. The number of carbonyl (C=O) groups excluding carboxylic acids is 1. The van der Waals surface area contributed by atoms with E-state index in [0.717, 1.165) is 4.47 Å². The van der Waals surface area contributed by atoms with Crippen LogP contribution in [0, 0.1) is 5.92 Å². The van der Waals surface area contributed by atoms with Gasteiger partial charge < -0.3 is 10.6 Å². The Kier molecular flexibility index (Phi) is 6.45. The highest BCUT2D eigenvalue weighted by Gasteiger charge is 2.16. The first-order chi connectivity index (χ1) is 8.90. The summed E-state index contributed by atoms with van der Waals surface area (Å²) in [6, 6.07) is 7.38. The van der Waals surface area contributed by atoms with E-state index >= 15 is 0 Å². The Hall–Kier alpha value is -0.940. The molecule has 0 heterocycles. The van der Waals surface area contributed by atoms with Crippen molar-refractivity contribution in [2.24, 2.45) is 11.7 Å². The Labute approximate surface area is 128 Å². The van der Waals surface area contributed by atoms with Gasteiger partial charge in [0, 0.05) is 29.5 Å². The van der Waals surface area contributed by atoms with Gasteiger partial charge in [-0.1, -0.05) is 42.0 Å². The Morgan fingerprint density at radius 1 is 1.37 bits per heavy atom. The lowest BCUT2D eigenvalue weighted by atomic mass is 10.1. The first kappa shape index (κ1) is 16.1. The van der Waals surface area contributed by atoms with E-state index in [0.29, 0.717) is 36.0 Å². The smallest absolute Gasteiger partial charge is 0.253 e. The molecular weight excluding hydrogens is 324 g/mol. The number of nitrogens with zero attached hydrogens (tertiary/aromatic N) is 1. The fourth-order valence-electron chi connectivity index (χ4n) is 1.74. The van der Waals surface area contributed by atoms with Gasteiger partial charge in [-0.3, -0.25) is 4.79 Å². The predicted molar refractivity (Wildman–Crippen MR) is 86.3 cm³/mol. The second kappa shape index (κ2) is 7.60. The molecule has 1 aromatic carbocycles. The van der Waals surface area contributed by atoms with Crippen LogP contribution in [0.2, 0.25) is 0 Å². The van der Waals surface area contributed by atoms with Gasteiger partial charge in [0.2, 0.25) is 0 Å². The van der Waals surface area contributed by atoms with Crippen LogP contribution in [0.4, 0.5) is 0 Å². The van der Waals surface area contributed by atoms with Gasteiger partial charge >= 0.3 is 0 Å². The highest BCUT2D eigenvalue weighted by molar-refractivity contribution is 9.10. The number of hydrogen-bond donors (Lipinski definition) is 1. The molecule has 0 bridgehead atoms. The molecule has 0 unspecified atom stereocenters. The van der Waals surface area contributed by atoms with Gasteiger partial charge in [-0.15, -0.1) is 0 Å². The number of halogens is 1. The zero-order valence-electron chi connectivity index (χ0n) is 11.2. The molecule has 1 rings (SSSR count). The van der Waals surface area contributed by atoms with Gasteiger partial charge in [0.05, 0.1) is 4.99 Å². The van der Waals surface area contributed by atoms with Crippen LogP contribution in [0.3, 0.4) is 0 Å². The third-order valence-electron chi connectivity index (χ3n) is 2.59. The number of nitrogens with two attached hydrogens (primary N) is 1. The normalized spacial score (nSPS) is 10.5. The maximum Gasteiger partial charge on any atom is 0.253 e. The fraction of sp³-hybridized carbons (Fsp3) is 0.429. The predicted octanol–water partition coefficient (Wildman–Crippen LogP) is 3.22. The SMILES string of the molecule is CC(C)CN(CCC(N)=S)C(=O)c1ccc(Br)cc1. The van der Waals surface area contributed by atoms with Crippen LogP contribution < -0.4 is 5.73 Å². The van der Waals surface area contributed by atoms with Crippen LogP contribution >= 0.6 is 28.1 Å². The number of amides is 1. The van der Waals surface area contributed by atoms with Crippen molar-refractivity contribution < 1.29 is 4.79 Å². The van der Waals surface area contributed by atoms with Crippen LogP contribution in [-0.4, -0.2) is 28.9 Å². The van der Waals surface area contributed by atoms with Crippen molar-refractivity contribution in [3.05, 3.63) is 34.3 Å². The molecule has 1 amide bonds. The zero-order valence-corrected chi connectivity index (χ0v) is 13.6. The van der Waals surface area contributed by atoms with Crippen LogP contribution in [-0.2, 0) is 0 Å². The molecule has 0 saturated heterocycles. The highest BCUT2D eigenvalue weighted by atomic mass is 79.9. The third kappa shape index (κ3) is 5.70. The van der Waals surface area contributed by atoms with Crippen LogP contribution in [0.15, 0.2) is 28.7 Å². The minimum absolute atomic E-state index is 0.0254. The average Bonchev–Trinajstić information content (AvgIpc) is 2.34. The number of carbonyl (C=O) groups is 1. The van der Waals surface area contributed by atoms with Crippen molar-refractivity contribution in [3.63, 3.8) is 0 Å². The summed E-state index contributed by atoms with van der Waals surface area (Å²) < 4.78 is 0.961. The van der Waals surface area contributed by atoms with Gasteiger partial charge in [-0.05, 0) is 30.2 Å². The molecule has 5 heteroatoms. The summed E-state index contributed by atoms with van der Waals surface area (Å²) in [6.07, 6.45) is 0.560. The summed E-state index contributed by atoms with van der Waals surface area (Å²) >= 11 is 8.24. The van der Waals surface area contributed by atoms with E-state index in [1.165, 1.54) is 0 Å². The van der Waals surface area contributed by atoms with E-state index in [2.05, 4.69) is 29.8 Å². The van der Waals surface area contributed by atoms with Crippen molar-refractivity contribution in [1.82, 2.24) is 4.90 Å². The zero-order chi connectivity index (χ0) is 14.4. The molecule has 3 nitrogen and oxygen atoms in total. The molecule has 0 aliphatic heterocycles. The van der Waals surface area contributed by atoms with E-state index in [1.54, 1.807) is 0 Å². The maximum absolute atomic E-state index is 12.4. The molecule has 0 radical (unpaired) electrons. The molecule has 0 aliphatic rings. The molecule has 0 atom stereocenters. The largest absolute Gasteiger partial charge is 0.393 e. The Bertz CT molecular complexity index is 445. The van der Waals surface area contributed by atoms with Gasteiger partial charge in [-0.2, -0.15) is 0 Å². The van der Waals surface area contributed by atoms with E-state index in [-0.39, 0.29) is 5.91 Å². The molecule has 19 heavy (non-hydrogen) atoms. The Morgan fingerprint density at radius 2 is 1.95 bits per heavy atom. The van der Waals surface area contributed by atoms with Crippen LogP contribution in [0.25, 0.3) is 0 Å². The second-order valence-corrected chi connectivity index (χ2v) is 6.31. The summed E-state index contributed by atoms with van der Waals surface area (Å²) in [4.78, 5) is 14.7. The molecule has 2 N–H and O–H groups in total. The number of hydrogen-bond acceptors (Lipinski definition) is 2. The lowest BCUT2D eigenvalue weighted by Crippen LogP contribution is -2.36. The van der Waals surface area contributed by atoms with Gasteiger partial charge in [-0.25, -0.2) is 0 Å². The lowest BCUT2D eigenvalue weighted by Gasteiger charge is -2.24. The van der Waals surface area contributed by atoms with Gasteiger partial charge in [0.15, 0.2) is 0 Å². The molecule has 0 aliphatic carbocycles. The van der Waals surface area contributed by atoms with Crippen molar-refractivity contribution in [2.75, 3.05) is 13.1 Å². The van der Waals surface area contributed by atoms with Crippen molar-refractivity contribution in [2.45, 2.75) is 20.3 Å². The van der Waals surface area contributed by atoms with Gasteiger partial charge in [0.1, 0.15) is 0 Å². The summed E-state index contributed by atoms with van der Waals surface area (Å²) in [5.41, 5.74) is 6.20. The maximum atomic E-state index is 12.4. The molecule has 0 fully saturated rings. The quantitative estimate of drug-likeness (QED) is 0.807. The first-order valence-corrected chi connectivity index (χ1v) is 7.43. The van der Waals surface area contributed by atoms with E-state index < -0.39 is 0 Å². The first-order valence-electron chi connectivity index (χ1n) is 6.23. The monoisotopic (exact) mass is 342 g/mol. The summed E-state index contributed by atoms with van der Waals surface area (Å²) in [5, 5.41) is 0. The topological polar surface area (TPSA) is 46.3 Å². The standard InChI is InChI=1S/C14H19BrN2OS/c1-10(2)9-17(8-7-13(16)19)14(18)11-3-5-12(15)6-4-11/h3-6,10H,7-9H2,1-2H3,(H2,16,19). The van der Waals surface area contributed by atoms with Crippen molar-refractivity contribution >= 4 is 39.0 Å². The van der Waals surface area contributed by atoms with Crippen LogP contribution in [0.5, 0.6) is 0 Å². The van der Waals surface area contributed by atoms with Gasteiger partial charge in [0.25, 0.3) is 5.91 Å². The molecule has 0 spiro atoms. The van der Waals surface area contributed by atoms with Crippen molar-refractivity contribution in [1.29, 1.82) is 0 Å². The summed E-state index contributed by atoms with van der Waals surface area (Å²) in [6.45, 7) is 5.45. The average molecular weight is 343 g/mol. The third-order valence-corrected chi connectivity index (χ3v) is 3.32. The molecule has 0 saturated carbocycles.